The van der Waals surface area contributed by atoms with Crippen LogP contribution in [0.4, 0.5) is 5.69 Å². The Hall–Kier alpha value is -3.93. The number of anilines is 1. The van der Waals surface area contributed by atoms with Gasteiger partial charge in [-0.15, -0.1) is 0 Å². The third-order valence-electron chi connectivity index (χ3n) is 6.34. The monoisotopic (exact) mass is 452 g/mol. The van der Waals surface area contributed by atoms with Crippen LogP contribution in [0.15, 0.2) is 67.1 Å². The molecule has 0 spiro atoms. The highest BCUT2D eigenvalue weighted by atomic mass is 16.5. The van der Waals surface area contributed by atoms with Crippen LogP contribution in [0, 0.1) is 13.8 Å². The lowest BCUT2D eigenvalue weighted by molar-refractivity contribution is 0.299. The van der Waals surface area contributed by atoms with Gasteiger partial charge in [-0.05, 0) is 61.9 Å². The van der Waals surface area contributed by atoms with Crippen molar-refractivity contribution in [1.29, 1.82) is 0 Å². The number of fused-ring (bicyclic) bond motifs is 1. The molecule has 5 rings (SSSR count). The second kappa shape index (κ2) is 9.51. The number of methoxy groups -OCH3 is 1. The zero-order chi connectivity index (χ0) is 23.5. The summed E-state index contributed by atoms with van der Waals surface area (Å²) < 4.78 is 11.5. The summed E-state index contributed by atoms with van der Waals surface area (Å²) in [6, 6.07) is 16.4. The van der Waals surface area contributed by atoms with Crippen molar-refractivity contribution >= 4 is 5.69 Å². The molecule has 4 aromatic rings. The van der Waals surface area contributed by atoms with Gasteiger partial charge in [0.15, 0.2) is 0 Å². The van der Waals surface area contributed by atoms with Gasteiger partial charge in [0.25, 0.3) is 0 Å². The molecule has 1 aliphatic rings. The summed E-state index contributed by atoms with van der Waals surface area (Å²) in [4.78, 5) is 16.2. The maximum Gasteiger partial charge on any atom is 0.131 e. The summed E-state index contributed by atoms with van der Waals surface area (Å²) >= 11 is 0. The van der Waals surface area contributed by atoms with E-state index in [0.717, 1.165) is 64.8 Å². The van der Waals surface area contributed by atoms with Gasteiger partial charge in [0.05, 0.1) is 24.2 Å². The number of pyridine rings is 3. The highest BCUT2D eigenvalue weighted by Crippen LogP contribution is 2.33. The number of hydrogen-bond acceptors (Lipinski definition) is 6. The van der Waals surface area contributed by atoms with Crippen LogP contribution in [-0.2, 0) is 19.6 Å². The highest BCUT2D eigenvalue weighted by molar-refractivity contribution is 5.75. The molecule has 6 nitrogen and oxygen atoms in total. The fourth-order valence-electron chi connectivity index (χ4n) is 4.52. The van der Waals surface area contributed by atoms with Crippen LogP contribution >= 0.6 is 0 Å². The van der Waals surface area contributed by atoms with Gasteiger partial charge in [-0.2, -0.15) is 0 Å². The quantitative estimate of drug-likeness (QED) is 0.395. The van der Waals surface area contributed by atoms with Crippen molar-refractivity contribution < 1.29 is 9.47 Å². The first-order valence-corrected chi connectivity index (χ1v) is 11.5. The van der Waals surface area contributed by atoms with Crippen LogP contribution in [0.2, 0.25) is 0 Å². The third kappa shape index (κ3) is 4.31. The number of benzene rings is 1. The van der Waals surface area contributed by atoms with Gasteiger partial charge in [-0.3, -0.25) is 15.0 Å². The first kappa shape index (κ1) is 21.9. The number of ether oxygens (including phenoxy) is 2. The molecule has 0 unspecified atom stereocenters. The number of aromatic nitrogens is 3. The molecule has 0 radical (unpaired) electrons. The Bertz CT molecular complexity index is 1300. The van der Waals surface area contributed by atoms with E-state index in [0.29, 0.717) is 6.61 Å². The normalized spacial score (nSPS) is 12.9. The molecule has 0 saturated carbocycles. The highest BCUT2D eigenvalue weighted by Gasteiger charge is 2.20. The second-order valence-electron chi connectivity index (χ2n) is 8.51. The zero-order valence-corrected chi connectivity index (χ0v) is 19.8. The average Bonchev–Trinajstić information content (AvgIpc) is 2.88. The zero-order valence-electron chi connectivity index (χ0n) is 19.8. The van der Waals surface area contributed by atoms with E-state index in [1.165, 1.54) is 11.3 Å². The Kier molecular flexibility index (Phi) is 6.12. The summed E-state index contributed by atoms with van der Waals surface area (Å²) in [5.41, 5.74) is 8.55. The van der Waals surface area contributed by atoms with Crippen LogP contribution in [0.1, 0.15) is 28.1 Å². The predicted octanol–water partition coefficient (Wildman–Crippen LogP) is 5.31. The lowest BCUT2D eigenvalue weighted by Gasteiger charge is -2.31. The summed E-state index contributed by atoms with van der Waals surface area (Å²) in [5.74, 6) is 1.66. The van der Waals surface area contributed by atoms with Crippen LogP contribution in [0.5, 0.6) is 11.5 Å². The molecular formula is C28H28N4O2. The maximum absolute atomic E-state index is 6.03. The lowest BCUT2D eigenvalue weighted by Crippen LogP contribution is -2.31. The predicted molar refractivity (Wildman–Crippen MR) is 133 cm³/mol. The van der Waals surface area contributed by atoms with Crippen molar-refractivity contribution in [2.45, 2.75) is 33.4 Å². The van der Waals surface area contributed by atoms with Gasteiger partial charge < -0.3 is 14.4 Å². The molecule has 0 fully saturated rings. The van der Waals surface area contributed by atoms with E-state index in [2.05, 4.69) is 39.1 Å². The van der Waals surface area contributed by atoms with Crippen LogP contribution in [0.25, 0.3) is 11.3 Å². The average molecular weight is 453 g/mol. The topological polar surface area (TPSA) is 60.4 Å². The Morgan fingerprint density at radius 1 is 0.941 bits per heavy atom. The van der Waals surface area contributed by atoms with E-state index in [9.17, 15) is 0 Å². The van der Waals surface area contributed by atoms with E-state index in [1.807, 2.05) is 56.7 Å². The summed E-state index contributed by atoms with van der Waals surface area (Å²) in [7, 11) is 1.68. The fourth-order valence-corrected chi connectivity index (χ4v) is 4.52. The van der Waals surface area contributed by atoms with Crippen molar-refractivity contribution in [3.05, 3.63) is 95.2 Å². The van der Waals surface area contributed by atoms with E-state index in [4.69, 9.17) is 14.5 Å². The molecule has 0 aliphatic carbocycles. The van der Waals surface area contributed by atoms with E-state index in [1.54, 1.807) is 7.11 Å². The second-order valence-corrected chi connectivity index (χ2v) is 8.51. The molecule has 0 amide bonds. The minimum atomic E-state index is 0.387. The van der Waals surface area contributed by atoms with E-state index >= 15 is 0 Å². The molecule has 0 atom stereocenters. The molecule has 34 heavy (non-hydrogen) atoms. The van der Waals surface area contributed by atoms with Crippen molar-refractivity contribution in [2.75, 3.05) is 18.6 Å². The largest absolute Gasteiger partial charge is 0.496 e. The van der Waals surface area contributed by atoms with Crippen molar-refractivity contribution in [2.24, 2.45) is 0 Å². The molecule has 3 aromatic heterocycles. The molecule has 6 heteroatoms. The first-order chi connectivity index (χ1) is 16.6. The van der Waals surface area contributed by atoms with Gasteiger partial charge in [-0.1, -0.05) is 6.07 Å². The van der Waals surface area contributed by atoms with Gasteiger partial charge in [-0.25, -0.2) is 0 Å². The maximum atomic E-state index is 6.03. The number of nitrogens with zero attached hydrogens (tertiary/aromatic N) is 4. The lowest BCUT2D eigenvalue weighted by atomic mass is 10.0. The third-order valence-corrected chi connectivity index (χ3v) is 6.34. The van der Waals surface area contributed by atoms with E-state index in [-0.39, 0.29) is 0 Å². The van der Waals surface area contributed by atoms with Crippen LogP contribution in [-0.4, -0.2) is 28.6 Å². The minimum absolute atomic E-state index is 0.387. The molecular weight excluding hydrogens is 424 g/mol. The van der Waals surface area contributed by atoms with Crippen LogP contribution < -0.4 is 14.4 Å². The molecule has 0 bridgehead atoms. The van der Waals surface area contributed by atoms with Crippen molar-refractivity contribution in [1.82, 2.24) is 15.0 Å². The summed E-state index contributed by atoms with van der Waals surface area (Å²) in [6.07, 6.45) is 6.49. The molecule has 0 saturated heterocycles. The molecule has 1 aromatic carbocycles. The molecule has 4 heterocycles. The first-order valence-electron chi connectivity index (χ1n) is 11.5. The molecule has 0 N–H and O–H groups in total. The molecule has 172 valence electrons. The number of aryl methyl sites for hydroxylation is 1. The SMILES string of the molecule is COc1c(C)cnc(COc2ccc(-c3ncccc3N3CCc4ncccc4C3)cc2)c1C. The van der Waals surface area contributed by atoms with Gasteiger partial charge in [0, 0.05) is 60.5 Å². The minimum Gasteiger partial charge on any atom is -0.496 e. The van der Waals surface area contributed by atoms with Gasteiger partial charge >= 0.3 is 0 Å². The Morgan fingerprint density at radius 3 is 2.56 bits per heavy atom. The van der Waals surface area contributed by atoms with Gasteiger partial charge in [0.1, 0.15) is 18.1 Å². The number of hydrogen-bond donors (Lipinski definition) is 0. The van der Waals surface area contributed by atoms with Crippen molar-refractivity contribution in [3.63, 3.8) is 0 Å². The van der Waals surface area contributed by atoms with Crippen molar-refractivity contribution in [3.8, 4) is 22.8 Å². The van der Waals surface area contributed by atoms with Gasteiger partial charge in [0.2, 0.25) is 0 Å². The Morgan fingerprint density at radius 2 is 1.74 bits per heavy atom. The standard InChI is InChI=1S/C28H28N4O2/c1-19-16-31-25(20(2)28(19)33-3)18-34-23-10-8-21(9-11-23)27-26(7-5-14-30-27)32-15-12-24-22(17-32)6-4-13-29-24/h4-11,13-14,16H,12,15,17-18H2,1-3H3. The van der Waals surface area contributed by atoms with Crippen LogP contribution in [0.3, 0.4) is 0 Å². The molecule has 1 aliphatic heterocycles. The fraction of sp³-hybridized carbons (Fsp3) is 0.250. The Balaban J connectivity index is 1.33. The summed E-state index contributed by atoms with van der Waals surface area (Å²) in [5, 5.41) is 0. The van der Waals surface area contributed by atoms with E-state index < -0.39 is 0 Å². The number of rotatable bonds is 6. The summed E-state index contributed by atoms with van der Waals surface area (Å²) in [6.45, 7) is 6.16. The Labute approximate surface area is 200 Å². The smallest absolute Gasteiger partial charge is 0.131 e.